The SMILES string of the molecule is CS(=O)(=O)c1cccc(S(=O)Nc2ccc(Cl)cc2NS(=O)(=O)c2cc3ccccc3o2)c1. The van der Waals surface area contributed by atoms with E-state index in [9.17, 15) is 21.0 Å². The van der Waals surface area contributed by atoms with Crippen LogP contribution in [0.1, 0.15) is 0 Å². The third kappa shape index (κ3) is 5.22. The molecule has 3 aromatic carbocycles. The Morgan fingerprint density at radius 1 is 0.879 bits per heavy atom. The van der Waals surface area contributed by atoms with Crippen molar-refractivity contribution in [2.45, 2.75) is 14.9 Å². The largest absolute Gasteiger partial charge is 0.443 e. The van der Waals surface area contributed by atoms with Crippen molar-refractivity contribution < 1.29 is 25.5 Å². The number of sulfonamides is 1. The Morgan fingerprint density at radius 2 is 1.64 bits per heavy atom. The minimum absolute atomic E-state index is 0.0112. The molecule has 0 aliphatic heterocycles. The van der Waals surface area contributed by atoms with E-state index in [0.29, 0.717) is 11.0 Å². The van der Waals surface area contributed by atoms with Crippen LogP contribution >= 0.6 is 11.6 Å². The van der Waals surface area contributed by atoms with Gasteiger partial charge in [-0.1, -0.05) is 35.9 Å². The minimum atomic E-state index is -4.13. The number of furan rings is 1. The highest BCUT2D eigenvalue weighted by Gasteiger charge is 2.22. The van der Waals surface area contributed by atoms with E-state index in [1.807, 2.05) is 0 Å². The van der Waals surface area contributed by atoms with Gasteiger partial charge < -0.3 is 4.42 Å². The molecule has 1 aromatic heterocycles. The highest BCUT2D eigenvalue weighted by Crippen LogP contribution is 2.31. The van der Waals surface area contributed by atoms with Crippen molar-refractivity contribution >= 4 is 64.8 Å². The summed E-state index contributed by atoms with van der Waals surface area (Å²) in [7, 11) is -9.53. The van der Waals surface area contributed by atoms with Gasteiger partial charge in [0.1, 0.15) is 16.6 Å². The van der Waals surface area contributed by atoms with Crippen molar-refractivity contribution in [1.82, 2.24) is 0 Å². The first-order chi connectivity index (χ1) is 15.5. The summed E-state index contributed by atoms with van der Waals surface area (Å²) < 4.78 is 72.8. The maximum Gasteiger partial charge on any atom is 0.295 e. The molecular formula is C21H17ClN2O6S3. The quantitative estimate of drug-likeness (QED) is 0.369. The molecule has 33 heavy (non-hydrogen) atoms. The lowest BCUT2D eigenvalue weighted by Gasteiger charge is -2.14. The van der Waals surface area contributed by atoms with Crippen LogP contribution in [0.25, 0.3) is 11.0 Å². The highest BCUT2D eigenvalue weighted by atomic mass is 35.5. The lowest BCUT2D eigenvalue weighted by molar-refractivity contribution is 0.484. The number of halogens is 1. The van der Waals surface area contributed by atoms with E-state index in [-0.39, 0.29) is 31.3 Å². The van der Waals surface area contributed by atoms with Gasteiger partial charge >= 0.3 is 0 Å². The van der Waals surface area contributed by atoms with Crippen LogP contribution < -0.4 is 9.44 Å². The van der Waals surface area contributed by atoms with Crippen molar-refractivity contribution in [2.24, 2.45) is 0 Å². The molecule has 0 bridgehead atoms. The van der Waals surface area contributed by atoms with Gasteiger partial charge in [-0.15, -0.1) is 0 Å². The van der Waals surface area contributed by atoms with Gasteiger partial charge in [-0.2, -0.15) is 8.42 Å². The molecule has 4 rings (SSSR count). The maximum atomic E-state index is 12.9. The van der Waals surface area contributed by atoms with Crippen LogP contribution in [0.4, 0.5) is 11.4 Å². The molecule has 0 saturated heterocycles. The molecule has 1 heterocycles. The van der Waals surface area contributed by atoms with Gasteiger partial charge in [-0.05, 0) is 42.5 Å². The van der Waals surface area contributed by atoms with Crippen LogP contribution in [0.15, 0.2) is 92.1 Å². The van der Waals surface area contributed by atoms with Gasteiger partial charge in [0, 0.05) is 22.7 Å². The van der Waals surface area contributed by atoms with Crippen LogP contribution in [0.2, 0.25) is 5.02 Å². The molecule has 0 spiro atoms. The molecule has 12 heteroatoms. The summed E-state index contributed by atoms with van der Waals surface area (Å²) in [5, 5.41) is 0.568. The summed E-state index contributed by atoms with van der Waals surface area (Å²) in [5.74, 6) is 0. The fourth-order valence-electron chi connectivity index (χ4n) is 2.95. The maximum absolute atomic E-state index is 12.9. The first-order valence-corrected chi connectivity index (χ1v) is 14.2. The molecule has 0 aliphatic carbocycles. The zero-order chi connectivity index (χ0) is 23.8. The minimum Gasteiger partial charge on any atom is -0.443 e. The summed E-state index contributed by atoms with van der Waals surface area (Å²) >= 11 is 6.05. The number of nitrogens with one attached hydrogen (secondary N) is 2. The smallest absolute Gasteiger partial charge is 0.295 e. The predicted molar refractivity (Wildman–Crippen MR) is 128 cm³/mol. The second-order valence-electron chi connectivity index (χ2n) is 7.02. The van der Waals surface area contributed by atoms with Crippen LogP contribution in [0.3, 0.4) is 0 Å². The summed E-state index contributed by atoms with van der Waals surface area (Å²) in [4.78, 5) is 0.205. The molecule has 4 aromatic rings. The van der Waals surface area contributed by atoms with Crippen LogP contribution in [-0.2, 0) is 30.8 Å². The molecule has 0 fully saturated rings. The van der Waals surface area contributed by atoms with Gasteiger partial charge in [0.15, 0.2) is 9.84 Å². The number of benzene rings is 3. The Balaban J connectivity index is 1.65. The lowest BCUT2D eigenvalue weighted by atomic mass is 10.3. The Bertz CT molecular complexity index is 1560. The highest BCUT2D eigenvalue weighted by molar-refractivity contribution is 7.92. The Morgan fingerprint density at radius 3 is 2.36 bits per heavy atom. The number of hydrogen-bond donors (Lipinski definition) is 2. The van der Waals surface area contributed by atoms with E-state index in [4.69, 9.17) is 16.0 Å². The average Bonchev–Trinajstić information content (AvgIpc) is 3.20. The van der Waals surface area contributed by atoms with Crippen molar-refractivity contribution in [1.29, 1.82) is 0 Å². The van der Waals surface area contributed by atoms with Crippen LogP contribution in [-0.4, -0.2) is 27.3 Å². The Labute approximate surface area is 198 Å². The third-order valence-corrected chi connectivity index (χ3v) is 8.20. The Hall–Kier alpha value is -2.86. The lowest BCUT2D eigenvalue weighted by Crippen LogP contribution is -2.15. The fraction of sp³-hybridized carbons (Fsp3) is 0.0476. The second-order valence-corrected chi connectivity index (χ2v) is 12.3. The molecular weight excluding hydrogens is 508 g/mol. The van der Waals surface area contributed by atoms with E-state index in [2.05, 4.69) is 9.44 Å². The van der Waals surface area contributed by atoms with Gasteiger partial charge in [-0.3, -0.25) is 9.44 Å². The first kappa shape index (κ1) is 23.3. The summed E-state index contributed by atoms with van der Waals surface area (Å²) in [5.41, 5.74) is 0.618. The topological polar surface area (TPSA) is 123 Å². The van der Waals surface area contributed by atoms with Gasteiger partial charge in [0.2, 0.25) is 5.09 Å². The molecule has 0 aliphatic rings. The van der Waals surface area contributed by atoms with Crippen LogP contribution in [0, 0.1) is 0 Å². The van der Waals surface area contributed by atoms with Crippen molar-refractivity contribution in [3.63, 3.8) is 0 Å². The molecule has 0 amide bonds. The van der Waals surface area contributed by atoms with Crippen molar-refractivity contribution in [3.8, 4) is 0 Å². The second kappa shape index (κ2) is 8.82. The molecule has 0 saturated carbocycles. The van der Waals surface area contributed by atoms with Crippen molar-refractivity contribution in [3.05, 3.63) is 77.8 Å². The summed E-state index contributed by atoms with van der Waals surface area (Å²) in [6.07, 6.45) is 1.05. The summed E-state index contributed by atoms with van der Waals surface area (Å²) in [6, 6.07) is 18.2. The van der Waals surface area contributed by atoms with Gasteiger partial charge in [0.05, 0.1) is 21.2 Å². The number of rotatable bonds is 7. The van der Waals surface area contributed by atoms with Gasteiger partial charge in [0.25, 0.3) is 10.0 Å². The van der Waals surface area contributed by atoms with E-state index in [0.717, 1.165) is 6.26 Å². The molecule has 8 nitrogen and oxygen atoms in total. The average molecular weight is 525 g/mol. The standard InChI is InChI=1S/C21H17ClN2O6S3/c1-32(26,27)17-7-4-6-16(13-17)31(25)23-18-10-9-15(22)12-19(18)24-33(28,29)21-11-14-5-2-3-8-20(14)30-21/h2-13,23-24H,1H3. The Kier molecular flexibility index (Phi) is 6.23. The molecule has 1 atom stereocenters. The number of para-hydroxylation sites is 1. The molecule has 172 valence electrons. The number of fused-ring (bicyclic) bond motifs is 1. The van der Waals surface area contributed by atoms with Gasteiger partial charge in [-0.25, -0.2) is 12.6 Å². The van der Waals surface area contributed by atoms with E-state index >= 15 is 0 Å². The number of sulfone groups is 1. The van der Waals surface area contributed by atoms with E-state index < -0.39 is 30.8 Å². The summed E-state index contributed by atoms with van der Waals surface area (Å²) in [6.45, 7) is 0. The normalized spacial score (nSPS) is 13.0. The van der Waals surface area contributed by atoms with Crippen LogP contribution in [0.5, 0.6) is 0 Å². The number of hydrogen-bond acceptors (Lipinski definition) is 6. The number of anilines is 2. The third-order valence-electron chi connectivity index (χ3n) is 4.54. The fourth-order valence-corrected chi connectivity index (χ4v) is 5.84. The zero-order valence-corrected chi connectivity index (χ0v) is 20.2. The monoisotopic (exact) mass is 524 g/mol. The molecule has 2 N–H and O–H groups in total. The molecule has 1 unspecified atom stereocenters. The first-order valence-electron chi connectivity index (χ1n) is 9.32. The predicted octanol–water partition coefficient (Wildman–Crippen LogP) is 4.43. The van der Waals surface area contributed by atoms with Crippen molar-refractivity contribution in [2.75, 3.05) is 15.7 Å². The zero-order valence-electron chi connectivity index (χ0n) is 17.0. The molecule has 0 radical (unpaired) electrons. The van der Waals surface area contributed by atoms with E-state index in [1.54, 1.807) is 24.3 Å². The van der Waals surface area contributed by atoms with E-state index in [1.165, 1.54) is 48.5 Å².